The molecule has 0 unspecified atom stereocenters. The van der Waals surface area contributed by atoms with Crippen molar-refractivity contribution < 1.29 is 0 Å². The average Bonchev–Trinajstić information content (AvgIpc) is 2.21. The summed E-state index contributed by atoms with van der Waals surface area (Å²) in [6.45, 7) is 8.12. The number of unbranched alkanes of at least 4 members (excludes halogenated alkanes) is 1. The van der Waals surface area contributed by atoms with Gasteiger partial charge in [0.2, 0.25) is 0 Å². The largest absolute Gasteiger partial charge is 0.315 e. The van der Waals surface area contributed by atoms with Gasteiger partial charge in [0.25, 0.3) is 5.56 Å². The van der Waals surface area contributed by atoms with Gasteiger partial charge in [-0.2, -0.15) is 0 Å². The van der Waals surface area contributed by atoms with Crippen LogP contribution in [-0.4, -0.2) is 17.2 Å². The van der Waals surface area contributed by atoms with Gasteiger partial charge < -0.3 is 9.88 Å². The van der Waals surface area contributed by atoms with Crippen molar-refractivity contribution in [2.24, 2.45) is 0 Å². The van der Waals surface area contributed by atoms with Crippen molar-refractivity contribution in [1.82, 2.24) is 9.88 Å². The Bertz CT molecular complexity index is 368. The van der Waals surface area contributed by atoms with Crippen LogP contribution in [0.15, 0.2) is 23.0 Å². The van der Waals surface area contributed by atoms with Crippen LogP contribution in [0, 0.1) is 6.92 Å². The van der Waals surface area contributed by atoms with E-state index in [-0.39, 0.29) is 5.56 Å². The second-order valence-corrected chi connectivity index (χ2v) is 4.47. The number of rotatable bonds is 6. The lowest BCUT2D eigenvalue weighted by Crippen LogP contribution is -2.25. The zero-order valence-electron chi connectivity index (χ0n) is 10.5. The highest BCUT2D eigenvalue weighted by Crippen LogP contribution is 1.97. The monoisotopic (exact) mass is 222 g/mol. The van der Waals surface area contributed by atoms with Crippen LogP contribution < -0.4 is 10.9 Å². The lowest BCUT2D eigenvalue weighted by molar-refractivity contribution is 0.522. The Morgan fingerprint density at radius 3 is 2.69 bits per heavy atom. The minimum absolute atomic E-state index is 0.108. The van der Waals surface area contributed by atoms with E-state index in [0.717, 1.165) is 31.6 Å². The molecule has 0 aliphatic carbocycles. The molecule has 1 N–H and O–H groups in total. The molecular formula is C13H22N2O. The summed E-state index contributed by atoms with van der Waals surface area (Å²) in [5.41, 5.74) is 1.15. The fourth-order valence-corrected chi connectivity index (χ4v) is 1.70. The molecule has 1 aromatic rings. The average molecular weight is 222 g/mol. The Labute approximate surface area is 97.5 Å². The summed E-state index contributed by atoms with van der Waals surface area (Å²) in [5, 5.41) is 3.37. The van der Waals surface area contributed by atoms with Crippen LogP contribution in [-0.2, 0) is 6.54 Å². The van der Waals surface area contributed by atoms with Crippen molar-refractivity contribution in [2.75, 3.05) is 6.54 Å². The Hall–Kier alpha value is -1.09. The lowest BCUT2D eigenvalue weighted by Gasteiger charge is -2.10. The van der Waals surface area contributed by atoms with Crippen LogP contribution in [0.3, 0.4) is 0 Å². The molecular weight excluding hydrogens is 200 g/mol. The molecule has 0 aromatic carbocycles. The predicted molar refractivity (Wildman–Crippen MR) is 67.8 cm³/mol. The van der Waals surface area contributed by atoms with E-state index in [1.165, 1.54) is 0 Å². The Balaban J connectivity index is 2.35. The van der Waals surface area contributed by atoms with Gasteiger partial charge >= 0.3 is 0 Å². The maximum atomic E-state index is 11.6. The third-order valence-electron chi connectivity index (χ3n) is 2.63. The fraction of sp³-hybridized carbons (Fsp3) is 0.615. The standard InChI is InChI=1S/C13H22N2O/c1-11(2)14-9-4-5-10-15-12(3)7-6-8-13(15)16/h6-8,11,14H,4-5,9-10H2,1-3H3. The van der Waals surface area contributed by atoms with Gasteiger partial charge in [0.15, 0.2) is 0 Å². The normalized spacial score (nSPS) is 11.0. The second-order valence-electron chi connectivity index (χ2n) is 4.47. The van der Waals surface area contributed by atoms with Crippen molar-refractivity contribution in [3.05, 3.63) is 34.2 Å². The van der Waals surface area contributed by atoms with Crippen molar-refractivity contribution in [1.29, 1.82) is 0 Å². The zero-order valence-corrected chi connectivity index (χ0v) is 10.5. The minimum Gasteiger partial charge on any atom is -0.315 e. The quantitative estimate of drug-likeness (QED) is 0.746. The molecule has 0 saturated carbocycles. The number of nitrogens with zero attached hydrogens (tertiary/aromatic N) is 1. The first kappa shape index (κ1) is 13.0. The van der Waals surface area contributed by atoms with Gasteiger partial charge in [-0.25, -0.2) is 0 Å². The lowest BCUT2D eigenvalue weighted by atomic mass is 10.2. The van der Waals surface area contributed by atoms with E-state index in [1.54, 1.807) is 6.07 Å². The summed E-state index contributed by atoms with van der Waals surface area (Å²) in [6.07, 6.45) is 2.16. The number of pyridine rings is 1. The molecule has 1 rings (SSSR count). The van der Waals surface area contributed by atoms with Gasteiger partial charge in [-0.15, -0.1) is 0 Å². The van der Waals surface area contributed by atoms with E-state index < -0.39 is 0 Å². The first-order valence-corrected chi connectivity index (χ1v) is 6.01. The summed E-state index contributed by atoms with van der Waals surface area (Å²) in [5.74, 6) is 0. The molecule has 0 saturated heterocycles. The topological polar surface area (TPSA) is 34.0 Å². The maximum absolute atomic E-state index is 11.6. The van der Waals surface area contributed by atoms with Crippen LogP contribution in [0.5, 0.6) is 0 Å². The van der Waals surface area contributed by atoms with E-state index in [4.69, 9.17) is 0 Å². The summed E-state index contributed by atoms with van der Waals surface area (Å²) >= 11 is 0. The molecule has 0 aliphatic heterocycles. The molecule has 0 spiro atoms. The molecule has 1 heterocycles. The van der Waals surface area contributed by atoms with Crippen LogP contribution in [0.2, 0.25) is 0 Å². The molecule has 0 bridgehead atoms. The van der Waals surface area contributed by atoms with E-state index in [9.17, 15) is 4.79 Å². The molecule has 0 aliphatic rings. The van der Waals surface area contributed by atoms with Gasteiger partial charge in [-0.1, -0.05) is 19.9 Å². The van der Waals surface area contributed by atoms with Crippen molar-refractivity contribution in [2.45, 2.75) is 46.2 Å². The SMILES string of the molecule is Cc1cccc(=O)n1CCCCNC(C)C. The first-order chi connectivity index (χ1) is 7.61. The third kappa shape index (κ3) is 4.19. The van der Waals surface area contributed by atoms with Gasteiger partial charge in [0.05, 0.1) is 0 Å². The summed E-state index contributed by atoms with van der Waals surface area (Å²) in [4.78, 5) is 11.6. The highest BCUT2D eigenvalue weighted by atomic mass is 16.1. The van der Waals surface area contributed by atoms with Gasteiger partial charge in [-0.05, 0) is 32.4 Å². The number of aryl methyl sites for hydroxylation is 1. The predicted octanol–water partition coefficient (Wildman–Crippen LogP) is 1.93. The third-order valence-corrected chi connectivity index (χ3v) is 2.63. The summed E-state index contributed by atoms with van der Waals surface area (Å²) in [7, 11) is 0. The van der Waals surface area contributed by atoms with Gasteiger partial charge in [0, 0.05) is 24.3 Å². The molecule has 3 heteroatoms. The molecule has 90 valence electrons. The fourth-order valence-electron chi connectivity index (χ4n) is 1.70. The maximum Gasteiger partial charge on any atom is 0.250 e. The number of nitrogens with one attached hydrogen (secondary N) is 1. The zero-order chi connectivity index (χ0) is 12.0. The van der Waals surface area contributed by atoms with Crippen LogP contribution in [0.1, 0.15) is 32.4 Å². The van der Waals surface area contributed by atoms with Gasteiger partial charge in [0.1, 0.15) is 0 Å². The minimum atomic E-state index is 0.108. The summed E-state index contributed by atoms with van der Waals surface area (Å²) < 4.78 is 1.84. The van der Waals surface area contributed by atoms with Crippen LogP contribution in [0.4, 0.5) is 0 Å². The Kier molecular flexibility index (Phi) is 5.26. The smallest absolute Gasteiger partial charge is 0.250 e. The van der Waals surface area contributed by atoms with E-state index in [1.807, 2.05) is 23.6 Å². The first-order valence-electron chi connectivity index (χ1n) is 6.01. The van der Waals surface area contributed by atoms with Crippen LogP contribution in [0.25, 0.3) is 0 Å². The number of hydrogen-bond acceptors (Lipinski definition) is 2. The molecule has 0 fully saturated rings. The molecule has 3 nitrogen and oxygen atoms in total. The molecule has 0 amide bonds. The van der Waals surface area contributed by atoms with E-state index in [0.29, 0.717) is 6.04 Å². The molecule has 0 radical (unpaired) electrons. The second kappa shape index (κ2) is 6.48. The number of hydrogen-bond donors (Lipinski definition) is 1. The van der Waals surface area contributed by atoms with E-state index in [2.05, 4.69) is 19.2 Å². The number of aromatic nitrogens is 1. The highest BCUT2D eigenvalue weighted by Gasteiger charge is 1.98. The van der Waals surface area contributed by atoms with Gasteiger partial charge in [-0.3, -0.25) is 4.79 Å². The molecule has 1 aromatic heterocycles. The van der Waals surface area contributed by atoms with Crippen molar-refractivity contribution in [3.8, 4) is 0 Å². The Morgan fingerprint density at radius 1 is 1.31 bits per heavy atom. The van der Waals surface area contributed by atoms with E-state index >= 15 is 0 Å². The van der Waals surface area contributed by atoms with Crippen LogP contribution >= 0.6 is 0 Å². The molecule has 0 atom stereocenters. The van der Waals surface area contributed by atoms with Crippen molar-refractivity contribution >= 4 is 0 Å². The highest BCUT2D eigenvalue weighted by molar-refractivity contribution is 5.04. The van der Waals surface area contributed by atoms with Crippen molar-refractivity contribution in [3.63, 3.8) is 0 Å². The molecule has 16 heavy (non-hydrogen) atoms. The Morgan fingerprint density at radius 2 is 2.06 bits per heavy atom. The summed E-state index contributed by atoms with van der Waals surface area (Å²) in [6, 6.07) is 5.96.